The Morgan fingerprint density at radius 1 is 1.15 bits per heavy atom. The highest BCUT2D eigenvalue weighted by Gasteiger charge is 2.31. The van der Waals surface area contributed by atoms with Gasteiger partial charge in [-0.3, -0.25) is 4.52 Å². The predicted molar refractivity (Wildman–Crippen MR) is 118 cm³/mol. The minimum Gasteiger partial charge on any atom is -0.362 e. The fourth-order valence-corrected chi connectivity index (χ4v) is 3.98. The van der Waals surface area contributed by atoms with Gasteiger partial charge in [-0.2, -0.15) is 0 Å². The van der Waals surface area contributed by atoms with Gasteiger partial charge >= 0.3 is 5.76 Å². The van der Waals surface area contributed by atoms with Crippen molar-refractivity contribution >= 4 is 21.7 Å². The summed E-state index contributed by atoms with van der Waals surface area (Å²) in [4.78, 5) is 15.2. The lowest BCUT2D eigenvalue weighted by Crippen LogP contribution is -2.38. The summed E-state index contributed by atoms with van der Waals surface area (Å²) in [6.45, 7) is 0. The first-order valence-electron chi connectivity index (χ1n) is 9.81. The van der Waals surface area contributed by atoms with Crippen LogP contribution in [0.25, 0.3) is 38.8 Å². The molecular formula is C20H14BrFN8O3. The molecule has 0 unspecified atom stereocenters. The fraction of sp³-hybridized carbons (Fsp3) is 0.200. The quantitative estimate of drug-likeness (QED) is 0.223. The van der Waals surface area contributed by atoms with E-state index in [1.54, 1.807) is 36.4 Å². The van der Waals surface area contributed by atoms with Crippen LogP contribution in [0.4, 0.5) is 10.2 Å². The van der Waals surface area contributed by atoms with Crippen LogP contribution in [0, 0.1) is 5.82 Å². The molecule has 1 fully saturated rings. The van der Waals surface area contributed by atoms with Crippen molar-refractivity contribution in [3.8, 4) is 28.3 Å². The Morgan fingerprint density at radius 2 is 1.91 bits per heavy atom. The molecule has 1 aliphatic carbocycles. The van der Waals surface area contributed by atoms with Crippen molar-refractivity contribution in [3.05, 3.63) is 73.7 Å². The van der Waals surface area contributed by atoms with Gasteiger partial charge in [-0.05, 0) is 80.0 Å². The minimum absolute atomic E-state index is 0.0209. The Kier molecular flexibility index (Phi) is 5.40. The predicted octanol–water partition coefficient (Wildman–Crippen LogP) is 4.70. The number of hydrogen-bond donors (Lipinski definition) is 1. The minimum atomic E-state index is -0.705. The molecule has 11 nitrogen and oxygen atoms in total. The molecule has 0 atom stereocenters. The second kappa shape index (κ2) is 8.52. The van der Waals surface area contributed by atoms with E-state index in [9.17, 15) is 9.18 Å². The number of hydrogen-bond acceptors (Lipinski definition) is 8. The van der Waals surface area contributed by atoms with Crippen LogP contribution in [0.1, 0.15) is 12.8 Å². The third-order valence-corrected chi connectivity index (χ3v) is 5.96. The number of aromatic nitrogens is 4. The second-order valence-corrected chi connectivity index (χ2v) is 8.27. The molecule has 166 valence electrons. The third-order valence-electron chi connectivity index (χ3n) is 5.35. The normalized spacial score (nSPS) is 17.3. The summed E-state index contributed by atoms with van der Waals surface area (Å²) >= 11 is 3.18. The van der Waals surface area contributed by atoms with E-state index in [-0.39, 0.29) is 29.4 Å². The van der Waals surface area contributed by atoms with E-state index in [0.717, 1.165) is 11.1 Å². The molecule has 0 radical (unpaired) electrons. The summed E-state index contributed by atoms with van der Waals surface area (Å²) < 4.78 is 24.9. The van der Waals surface area contributed by atoms with Crippen LogP contribution in [0.3, 0.4) is 0 Å². The van der Waals surface area contributed by atoms with Crippen molar-refractivity contribution in [1.82, 2.24) is 20.0 Å². The van der Waals surface area contributed by atoms with Gasteiger partial charge in [0, 0.05) is 17.0 Å². The molecule has 33 heavy (non-hydrogen) atoms. The lowest BCUT2D eigenvalue weighted by molar-refractivity contribution is 0.307. The molecule has 1 aliphatic rings. The van der Waals surface area contributed by atoms with E-state index in [0.29, 0.717) is 28.8 Å². The van der Waals surface area contributed by atoms with E-state index in [1.165, 1.54) is 10.6 Å². The molecule has 0 aliphatic heterocycles. The lowest BCUT2D eigenvalue weighted by atomic mass is 9.87. The number of azide groups is 1. The maximum atomic E-state index is 13.5. The molecule has 4 aromatic rings. The van der Waals surface area contributed by atoms with Gasteiger partial charge < -0.3 is 5.32 Å². The second-order valence-electron chi connectivity index (χ2n) is 7.42. The molecule has 13 heteroatoms. The maximum Gasteiger partial charge on any atom is 0.446 e. The fourth-order valence-electron chi connectivity index (χ4n) is 3.60. The van der Waals surface area contributed by atoms with Gasteiger partial charge in [0.1, 0.15) is 5.82 Å². The molecule has 0 bridgehead atoms. The zero-order chi connectivity index (χ0) is 22.9. The summed E-state index contributed by atoms with van der Waals surface area (Å²) in [5, 5.41) is 18.4. The van der Waals surface area contributed by atoms with Crippen LogP contribution in [-0.2, 0) is 0 Å². The molecule has 0 saturated heterocycles. The van der Waals surface area contributed by atoms with Gasteiger partial charge in [0.2, 0.25) is 11.6 Å². The van der Waals surface area contributed by atoms with Crippen LogP contribution in [0.2, 0.25) is 0 Å². The zero-order valence-corrected chi connectivity index (χ0v) is 18.3. The first-order valence-corrected chi connectivity index (χ1v) is 10.6. The van der Waals surface area contributed by atoms with Crippen LogP contribution in [0.15, 0.2) is 66.0 Å². The van der Waals surface area contributed by atoms with E-state index in [1.807, 2.05) is 0 Å². The zero-order valence-electron chi connectivity index (χ0n) is 16.7. The van der Waals surface area contributed by atoms with Crippen molar-refractivity contribution < 1.29 is 13.5 Å². The van der Waals surface area contributed by atoms with Gasteiger partial charge in [-0.15, -0.1) is 0 Å². The van der Waals surface area contributed by atoms with Gasteiger partial charge in [-0.25, -0.2) is 18.4 Å². The molecule has 1 N–H and O–H groups in total. The van der Waals surface area contributed by atoms with Crippen LogP contribution < -0.4 is 11.1 Å². The summed E-state index contributed by atoms with van der Waals surface area (Å²) in [6, 6.07) is 11.7. The Hall–Kier alpha value is -3.96. The molecule has 1 saturated carbocycles. The molecule has 2 aromatic heterocycles. The number of rotatable bonds is 6. The monoisotopic (exact) mass is 512 g/mol. The number of nitrogens with zero attached hydrogens (tertiary/aromatic N) is 7. The van der Waals surface area contributed by atoms with Crippen LogP contribution >= 0.6 is 15.9 Å². The molecule has 2 heterocycles. The molecule has 5 rings (SSSR count). The van der Waals surface area contributed by atoms with Crippen molar-refractivity contribution in [2.75, 3.05) is 5.32 Å². The number of nitrogens with one attached hydrogen (secondary N) is 1. The highest BCUT2D eigenvalue weighted by atomic mass is 79.9. The summed E-state index contributed by atoms with van der Waals surface area (Å²) in [7, 11) is 0. The highest BCUT2D eigenvalue weighted by molar-refractivity contribution is 9.10. The lowest BCUT2D eigenvalue weighted by Gasteiger charge is -2.32. The molecular weight excluding hydrogens is 499 g/mol. The van der Waals surface area contributed by atoms with Gasteiger partial charge in [-0.1, -0.05) is 28.5 Å². The van der Waals surface area contributed by atoms with Crippen molar-refractivity contribution in [3.63, 3.8) is 0 Å². The van der Waals surface area contributed by atoms with Crippen LogP contribution in [-0.4, -0.2) is 32.1 Å². The standard InChI is InChI=1S/C20H14BrFN8O3/c21-15-7-11(3-6-16(15)22)10-1-4-14(5-2-10)30-19(28-32-20(30)31)17-18(27-33-26-17)24-12-8-13(9-12)25-29-23/h1-7,12-13H,8-9H2,(H,24,27). The number of benzene rings is 2. The summed E-state index contributed by atoms with van der Waals surface area (Å²) in [5.41, 5.74) is 10.8. The Labute approximate surface area is 192 Å². The average molecular weight is 513 g/mol. The largest absolute Gasteiger partial charge is 0.446 e. The Balaban J connectivity index is 1.43. The summed E-state index contributed by atoms with van der Waals surface area (Å²) in [5.74, 6) is -0.638. The van der Waals surface area contributed by atoms with Gasteiger partial charge in [0.05, 0.1) is 10.2 Å². The van der Waals surface area contributed by atoms with E-state index >= 15 is 0 Å². The van der Waals surface area contributed by atoms with Gasteiger partial charge in [0.25, 0.3) is 0 Å². The van der Waals surface area contributed by atoms with Gasteiger partial charge in [0.15, 0.2) is 5.69 Å². The van der Waals surface area contributed by atoms with Crippen molar-refractivity contribution in [2.24, 2.45) is 5.11 Å². The summed E-state index contributed by atoms with van der Waals surface area (Å²) in [6.07, 6.45) is 1.28. The Morgan fingerprint density at radius 3 is 2.64 bits per heavy atom. The van der Waals surface area contributed by atoms with E-state index in [2.05, 4.69) is 46.7 Å². The van der Waals surface area contributed by atoms with E-state index in [4.69, 9.17) is 14.7 Å². The number of halogens is 2. The molecule has 0 amide bonds. The van der Waals surface area contributed by atoms with E-state index < -0.39 is 5.76 Å². The van der Waals surface area contributed by atoms with Crippen LogP contribution in [0.5, 0.6) is 0 Å². The smallest absolute Gasteiger partial charge is 0.362 e. The SMILES string of the molecule is [N-]=[N+]=NC1CC(Nc2nonc2-c2noc(=O)n2-c2ccc(-c3ccc(F)c(Br)c3)cc2)C1. The third kappa shape index (κ3) is 3.99. The topological polar surface area (TPSA) is 148 Å². The maximum absolute atomic E-state index is 13.5. The molecule has 2 aromatic carbocycles. The molecule has 0 spiro atoms. The first kappa shape index (κ1) is 20.9. The van der Waals surface area contributed by atoms with Crippen molar-refractivity contribution in [2.45, 2.75) is 24.9 Å². The van der Waals surface area contributed by atoms with Crippen molar-refractivity contribution in [1.29, 1.82) is 0 Å². The number of anilines is 1. The Bertz CT molecular complexity index is 1420. The highest BCUT2D eigenvalue weighted by Crippen LogP contribution is 2.31. The first-order chi connectivity index (χ1) is 16.0. The average Bonchev–Trinajstić information content (AvgIpc) is 3.40.